The molecule has 0 aliphatic rings. The van der Waals surface area contributed by atoms with Crippen molar-refractivity contribution < 1.29 is 0 Å². The van der Waals surface area contributed by atoms with Crippen molar-refractivity contribution in [3.05, 3.63) is 78.0 Å². The third kappa shape index (κ3) is 5.17. The molecule has 6 heteroatoms. The Morgan fingerprint density at radius 3 is 2.67 bits per heavy atom. The molecule has 0 bridgehead atoms. The van der Waals surface area contributed by atoms with Gasteiger partial charge in [-0.05, 0) is 42.2 Å². The molecule has 0 radical (unpaired) electrons. The fourth-order valence-corrected chi connectivity index (χ4v) is 2.86. The molecule has 0 saturated carbocycles. The minimum absolute atomic E-state index is 0.578. The van der Waals surface area contributed by atoms with E-state index >= 15 is 0 Å². The summed E-state index contributed by atoms with van der Waals surface area (Å²) < 4.78 is 1.89. The lowest BCUT2D eigenvalue weighted by molar-refractivity contribution is 0.808. The van der Waals surface area contributed by atoms with Crippen molar-refractivity contribution in [3.8, 4) is 5.82 Å². The van der Waals surface area contributed by atoms with Gasteiger partial charge >= 0.3 is 0 Å². The molecule has 0 fully saturated rings. The lowest BCUT2D eigenvalue weighted by Gasteiger charge is -2.13. The van der Waals surface area contributed by atoms with Gasteiger partial charge in [0.25, 0.3) is 0 Å². The molecule has 0 atom stereocenters. The molecule has 6 nitrogen and oxygen atoms in total. The third-order valence-corrected chi connectivity index (χ3v) is 4.29. The second-order valence-electron chi connectivity index (χ2n) is 6.16. The van der Waals surface area contributed by atoms with Crippen LogP contribution in [0.4, 0.5) is 0 Å². The highest BCUT2D eigenvalue weighted by atomic mass is 15.2. The van der Waals surface area contributed by atoms with Gasteiger partial charge in [0.2, 0.25) is 0 Å². The van der Waals surface area contributed by atoms with E-state index in [1.165, 1.54) is 11.1 Å². The Balaban J connectivity index is 1.68. The molecule has 0 unspecified atom stereocenters. The number of imidazole rings is 1. The van der Waals surface area contributed by atoms with E-state index in [0.717, 1.165) is 36.9 Å². The van der Waals surface area contributed by atoms with Crippen LogP contribution in [-0.2, 0) is 19.5 Å². The van der Waals surface area contributed by atoms with Crippen LogP contribution in [0.25, 0.3) is 5.82 Å². The van der Waals surface area contributed by atoms with E-state index in [4.69, 9.17) is 4.99 Å². The van der Waals surface area contributed by atoms with E-state index in [9.17, 15) is 0 Å². The molecule has 140 valence electrons. The Hall–Kier alpha value is -3.15. The quantitative estimate of drug-likeness (QED) is 0.501. The SMILES string of the molecule is CCNC(=NCc1ccnc(-n2ccnc2)c1)NCc1ccccc1CC. The van der Waals surface area contributed by atoms with E-state index in [-0.39, 0.29) is 0 Å². The number of benzene rings is 1. The van der Waals surface area contributed by atoms with E-state index in [1.807, 2.05) is 22.9 Å². The van der Waals surface area contributed by atoms with Crippen molar-refractivity contribution in [2.24, 2.45) is 4.99 Å². The number of pyridine rings is 1. The van der Waals surface area contributed by atoms with Crippen molar-refractivity contribution in [2.45, 2.75) is 33.4 Å². The number of hydrogen-bond acceptors (Lipinski definition) is 3. The maximum absolute atomic E-state index is 4.72. The van der Waals surface area contributed by atoms with Gasteiger partial charge in [-0.15, -0.1) is 0 Å². The average molecular weight is 362 g/mol. The summed E-state index contributed by atoms with van der Waals surface area (Å²) in [5, 5.41) is 6.74. The summed E-state index contributed by atoms with van der Waals surface area (Å²) in [5.41, 5.74) is 3.76. The molecule has 2 aromatic heterocycles. The molecule has 1 aromatic carbocycles. The molecule has 3 rings (SSSR count). The number of aromatic nitrogens is 3. The van der Waals surface area contributed by atoms with Gasteiger partial charge < -0.3 is 10.6 Å². The average Bonchev–Trinajstić information content (AvgIpc) is 3.25. The number of hydrogen-bond donors (Lipinski definition) is 2. The molecular weight excluding hydrogens is 336 g/mol. The van der Waals surface area contributed by atoms with Gasteiger partial charge in [-0.1, -0.05) is 31.2 Å². The first-order valence-corrected chi connectivity index (χ1v) is 9.32. The molecule has 3 aromatic rings. The van der Waals surface area contributed by atoms with Gasteiger partial charge in [0.15, 0.2) is 5.96 Å². The largest absolute Gasteiger partial charge is 0.357 e. The van der Waals surface area contributed by atoms with Crippen molar-refractivity contribution in [3.63, 3.8) is 0 Å². The maximum Gasteiger partial charge on any atom is 0.191 e. The minimum atomic E-state index is 0.578. The molecule has 0 aliphatic heterocycles. The second-order valence-corrected chi connectivity index (χ2v) is 6.16. The monoisotopic (exact) mass is 362 g/mol. The molecule has 0 saturated heterocycles. The molecule has 0 aliphatic carbocycles. The van der Waals surface area contributed by atoms with Gasteiger partial charge in [0.05, 0.1) is 6.54 Å². The normalized spacial score (nSPS) is 11.4. The van der Waals surface area contributed by atoms with Gasteiger partial charge in [-0.3, -0.25) is 4.57 Å². The fourth-order valence-electron chi connectivity index (χ4n) is 2.86. The summed E-state index contributed by atoms with van der Waals surface area (Å²) in [6.45, 7) is 6.40. The topological polar surface area (TPSA) is 67.1 Å². The van der Waals surface area contributed by atoms with Crippen LogP contribution in [0.15, 0.2) is 66.3 Å². The van der Waals surface area contributed by atoms with E-state index in [0.29, 0.717) is 6.54 Å². The van der Waals surface area contributed by atoms with Crippen LogP contribution in [0.3, 0.4) is 0 Å². The summed E-state index contributed by atoms with van der Waals surface area (Å²) in [7, 11) is 0. The van der Waals surface area contributed by atoms with Crippen molar-refractivity contribution in [2.75, 3.05) is 6.54 Å². The predicted octanol–water partition coefficient (Wildman–Crippen LogP) is 3.09. The van der Waals surface area contributed by atoms with Crippen molar-refractivity contribution in [1.82, 2.24) is 25.2 Å². The van der Waals surface area contributed by atoms with Gasteiger partial charge in [-0.25, -0.2) is 15.0 Å². The first kappa shape index (κ1) is 18.6. The Morgan fingerprint density at radius 2 is 1.93 bits per heavy atom. The Labute approximate surface area is 160 Å². The predicted molar refractivity (Wildman–Crippen MR) is 109 cm³/mol. The minimum Gasteiger partial charge on any atom is -0.357 e. The Bertz CT molecular complexity index is 870. The van der Waals surface area contributed by atoms with Crippen LogP contribution in [-0.4, -0.2) is 27.0 Å². The van der Waals surface area contributed by atoms with Crippen LogP contribution < -0.4 is 10.6 Å². The van der Waals surface area contributed by atoms with E-state index in [2.05, 4.69) is 58.7 Å². The highest BCUT2D eigenvalue weighted by Gasteiger charge is 2.03. The zero-order valence-electron chi connectivity index (χ0n) is 15.9. The van der Waals surface area contributed by atoms with Crippen LogP contribution in [0.1, 0.15) is 30.5 Å². The van der Waals surface area contributed by atoms with Crippen LogP contribution in [0.2, 0.25) is 0 Å². The highest BCUT2D eigenvalue weighted by Crippen LogP contribution is 2.10. The van der Waals surface area contributed by atoms with Crippen LogP contribution >= 0.6 is 0 Å². The number of nitrogens with one attached hydrogen (secondary N) is 2. The van der Waals surface area contributed by atoms with Crippen LogP contribution in [0.5, 0.6) is 0 Å². The lowest BCUT2D eigenvalue weighted by atomic mass is 10.1. The summed E-state index contributed by atoms with van der Waals surface area (Å²) in [6.07, 6.45) is 8.20. The van der Waals surface area contributed by atoms with Gasteiger partial charge in [0.1, 0.15) is 12.1 Å². The third-order valence-electron chi connectivity index (χ3n) is 4.29. The van der Waals surface area contributed by atoms with Gasteiger partial charge in [0, 0.05) is 31.7 Å². The summed E-state index contributed by atoms with van der Waals surface area (Å²) >= 11 is 0. The van der Waals surface area contributed by atoms with Crippen molar-refractivity contribution >= 4 is 5.96 Å². The number of nitrogens with zero attached hydrogens (tertiary/aromatic N) is 4. The zero-order chi connectivity index (χ0) is 18.9. The number of guanidine groups is 1. The maximum atomic E-state index is 4.72. The van der Waals surface area contributed by atoms with Crippen LogP contribution in [0, 0.1) is 0 Å². The molecule has 27 heavy (non-hydrogen) atoms. The van der Waals surface area contributed by atoms with E-state index < -0.39 is 0 Å². The molecule has 2 N–H and O–H groups in total. The molecular formula is C21H26N6. The fraction of sp³-hybridized carbons (Fsp3) is 0.286. The summed E-state index contributed by atoms with van der Waals surface area (Å²) in [5.74, 6) is 1.65. The first-order valence-electron chi connectivity index (χ1n) is 9.32. The standard InChI is InChI=1S/C21H26N6/c1-3-18-7-5-6-8-19(18)15-26-21(23-4-2)25-14-17-9-10-24-20(13-17)27-12-11-22-16-27/h5-13,16H,3-4,14-15H2,1-2H3,(H2,23,25,26). The Morgan fingerprint density at radius 1 is 1.07 bits per heavy atom. The van der Waals surface area contributed by atoms with Gasteiger partial charge in [-0.2, -0.15) is 0 Å². The summed E-state index contributed by atoms with van der Waals surface area (Å²) in [6, 6.07) is 12.5. The second kappa shape index (κ2) is 9.52. The smallest absolute Gasteiger partial charge is 0.191 e. The Kier molecular flexibility index (Phi) is 6.57. The molecule has 0 spiro atoms. The number of aliphatic imine (C=N–C) groups is 1. The first-order chi connectivity index (χ1) is 13.3. The lowest BCUT2D eigenvalue weighted by Crippen LogP contribution is -2.37. The zero-order valence-corrected chi connectivity index (χ0v) is 15.9. The molecule has 2 heterocycles. The summed E-state index contributed by atoms with van der Waals surface area (Å²) in [4.78, 5) is 13.2. The van der Waals surface area contributed by atoms with E-state index in [1.54, 1.807) is 18.7 Å². The van der Waals surface area contributed by atoms with Crippen molar-refractivity contribution in [1.29, 1.82) is 0 Å². The highest BCUT2D eigenvalue weighted by molar-refractivity contribution is 5.79. The molecule has 0 amide bonds. The number of rotatable bonds is 7. The number of aryl methyl sites for hydroxylation is 1.